The second-order valence-corrected chi connectivity index (χ2v) is 8.93. The van der Waals surface area contributed by atoms with Crippen LogP contribution < -0.4 is 5.32 Å². The molecule has 1 N–H and O–H groups in total. The summed E-state index contributed by atoms with van der Waals surface area (Å²) in [6.07, 6.45) is 4.69. The Labute approximate surface area is 187 Å². The molecule has 1 aromatic carbocycles. The number of halogens is 2. The van der Waals surface area contributed by atoms with Crippen molar-refractivity contribution in [2.45, 2.75) is 46.0 Å². The number of aryl methyl sites for hydroxylation is 1. The van der Waals surface area contributed by atoms with Crippen LogP contribution >= 0.6 is 34.5 Å². The number of benzene rings is 1. The standard InChI is InChI=1S/C12H13Cl2NO.C10H15NOS/c13-10-6-9(7-11(14)8-10)3-5-15-4-1-2-12(15)16;1-3-5-8-6-7-9(13-8)10(12)11-4-2/h6-8H,1-5H2;6-7H,3-5H2,1-2H3,(H,11,12). The summed E-state index contributed by atoms with van der Waals surface area (Å²) in [5.41, 5.74) is 1.08. The number of hydrogen-bond acceptors (Lipinski definition) is 3. The third-order valence-electron chi connectivity index (χ3n) is 4.48. The van der Waals surface area contributed by atoms with E-state index in [0.717, 1.165) is 49.2 Å². The first-order valence-electron chi connectivity index (χ1n) is 10.0. The summed E-state index contributed by atoms with van der Waals surface area (Å²) >= 11 is 13.4. The highest BCUT2D eigenvalue weighted by Gasteiger charge is 2.19. The Morgan fingerprint density at radius 1 is 1.14 bits per heavy atom. The summed E-state index contributed by atoms with van der Waals surface area (Å²) in [6.45, 7) is 6.41. The zero-order valence-electron chi connectivity index (χ0n) is 17.0. The Balaban J connectivity index is 0.000000212. The van der Waals surface area contributed by atoms with E-state index in [1.54, 1.807) is 17.4 Å². The minimum Gasteiger partial charge on any atom is -0.352 e. The number of nitrogens with zero attached hydrogens (tertiary/aromatic N) is 1. The summed E-state index contributed by atoms with van der Waals surface area (Å²) in [7, 11) is 0. The average Bonchev–Trinajstić information content (AvgIpc) is 3.29. The summed E-state index contributed by atoms with van der Waals surface area (Å²) in [6, 6.07) is 9.45. The van der Waals surface area contributed by atoms with Gasteiger partial charge in [-0.2, -0.15) is 0 Å². The molecule has 2 amide bonds. The highest BCUT2D eigenvalue weighted by Crippen LogP contribution is 2.20. The van der Waals surface area contributed by atoms with Crippen LogP contribution in [0.4, 0.5) is 0 Å². The van der Waals surface area contributed by atoms with Gasteiger partial charge in [-0.25, -0.2) is 0 Å². The van der Waals surface area contributed by atoms with E-state index in [4.69, 9.17) is 23.2 Å². The Hall–Kier alpha value is -1.56. The van der Waals surface area contributed by atoms with Gasteiger partial charge >= 0.3 is 0 Å². The third-order valence-corrected chi connectivity index (χ3v) is 6.06. The van der Waals surface area contributed by atoms with Crippen molar-refractivity contribution in [1.82, 2.24) is 10.2 Å². The van der Waals surface area contributed by atoms with E-state index in [9.17, 15) is 9.59 Å². The number of hydrogen-bond donors (Lipinski definition) is 1. The lowest BCUT2D eigenvalue weighted by atomic mass is 10.1. The van der Waals surface area contributed by atoms with Crippen molar-refractivity contribution >= 4 is 46.4 Å². The van der Waals surface area contributed by atoms with Crippen LogP contribution in [0.2, 0.25) is 10.0 Å². The van der Waals surface area contributed by atoms with Crippen LogP contribution in [0, 0.1) is 0 Å². The largest absolute Gasteiger partial charge is 0.352 e. The van der Waals surface area contributed by atoms with Crippen molar-refractivity contribution < 1.29 is 9.59 Å². The molecule has 0 unspecified atom stereocenters. The van der Waals surface area contributed by atoms with Crippen LogP contribution in [0.15, 0.2) is 30.3 Å². The molecule has 1 fully saturated rings. The van der Waals surface area contributed by atoms with Gasteiger partial charge in [0.1, 0.15) is 0 Å². The molecule has 1 aliphatic rings. The maximum Gasteiger partial charge on any atom is 0.261 e. The predicted molar refractivity (Wildman–Crippen MR) is 122 cm³/mol. The van der Waals surface area contributed by atoms with Crippen molar-refractivity contribution in [1.29, 1.82) is 0 Å². The van der Waals surface area contributed by atoms with E-state index in [0.29, 0.717) is 23.0 Å². The zero-order valence-corrected chi connectivity index (χ0v) is 19.3. The smallest absolute Gasteiger partial charge is 0.261 e. The summed E-state index contributed by atoms with van der Waals surface area (Å²) < 4.78 is 0. The van der Waals surface area contributed by atoms with Gasteiger partial charge in [-0.15, -0.1) is 11.3 Å². The number of nitrogens with one attached hydrogen (secondary N) is 1. The van der Waals surface area contributed by atoms with Gasteiger partial charge in [0, 0.05) is 41.0 Å². The first-order chi connectivity index (χ1) is 13.9. The van der Waals surface area contributed by atoms with Gasteiger partial charge in [-0.3, -0.25) is 9.59 Å². The normalized spacial score (nSPS) is 13.2. The molecule has 7 heteroatoms. The van der Waals surface area contributed by atoms with E-state index in [1.807, 2.05) is 36.1 Å². The lowest BCUT2D eigenvalue weighted by Gasteiger charge is -2.15. The molecule has 0 spiro atoms. The van der Waals surface area contributed by atoms with Crippen molar-refractivity contribution in [3.05, 3.63) is 55.7 Å². The first kappa shape index (κ1) is 23.7. The molecule has 0 bridgehead atoms. The molecule has 2 heterocycles. The second-order valence-electron chi connectivity index (χ2n) is 6.89. The summed E-state index contributed by atoms with van der Waals surface area (Å²) in [5, 5.41) is 4.09. The zero-order chi connectivity index (χ0) is 21.2. The number of thiophene rings is 1. The molecule has 0 saturated carbocycles. The van der Waals surface area contributed by atoms with Crippen LogP contribution in [0.1, 0.15) is 53.2 Å². The molecule has 2 aromatic rings. The maximum atomic E-state index is 11.4. The lowest BCUT2D eigenvalue weighted by Crippen LogP contribution is -2.26. The van der Waals surface area contributed by atoms with Crippen molar-refractivity contribution in [2.75, 3.05) is 19.6 Å². The Bertz CT molecular complexity index is 803. The van der Waals surface area contributed by atoms with Gasteiger partial charge in [-0.05, 0) is 62.1 Å². The first-order valence-corrected chi connectivity index (χ1v) is 11.6. The van der Waals surface area contributed by atoms with Crippen LogP contribution in [0.3, 0.4) is 0 Å². The fourth-order valence-electron chi connectivity index (χ4n) is 3.09. The number of carbonyl (C=O) groups excluding carboxylic acids is 2. The quantitative estimate of drug-likeness (QED) is 0.590. The van der Waals surface area contributed by atoms with E-state index < -0.39 is 0 Å². The van der Waals surface area contributed by atoms with Gasteiger partial charge < -0.3 is 10.2 Å². The minimum absolute atomic E-state index is 0.0508. The van der Waals surface area contributed by atoms with Gasteiger partial charge in [0.15, 0.2) is 0 Å². The molecule has 1 aromatic heterocycles. The van der Waals surface area contributed by atoms with Crippen molar-refractivity contribution in [3.8, 4) is 0 Å². The van der Waals surface area contributed by atoms with Crippen molar-refractivity contribution in [3.63, 3.8) is 0 Å². The maximum absolute atomic E-state index is 11.4. The molecule has 0 atom stereocenters. The third kappa shape index (κ3) is 8.00. The number of likely N-dealkylation sites (tertiary alicyclic amines) is 1. The topological polar surface area (TPSA) is 49.4 Å². The molecule has 0 aliphatic carbocycles. The molecule has 29 heavy (non-hydrogen) atoms. The predicted octanol–water partition coefficient (Wildman–Crippen LogP) is 5.61. The van der Waals surface area contributed by atoms with Crippen LogP contribution in [0.25, 0.3) is 0 Å². The van der Waals surface area contributed by atoms with Gasteiger partial charge in [0.05, 0.1) is 4.88 Å². The molecule has 3 rings (SSSR count). The van der Waals surface area contributed by atoms with Gasteiger partial charge in [0.25, 0.3) is 5.91 Å². The molecule has 0 radical (unpaired) electrons. The second kappa shape index (κ2) is 12.2. The number of rotatable bonds is 7. The Morgan fingerprint density at radius 2 is 1.86 bits per heavy atom. The molecule has 158 valence electrons. The fourth-order valence-corrected chi connectivity index (χ4v) is 4.69. The highest BCUT2D eigenvalue weighted by molar-refractivity contribution is 7.14. The van der Waals surface area contributed by atoms with E-state index in [-0.39, 0.29) is 11.8 Å². The Morgan fingerprint density at radius 3 is 2.45 bits per heavy atom. The monoisotopic (exact) mass is 454 g/mol. The lowest BCUT2D eigenvalue weighted by molar-refractivity contribution is -0.127. The molecule has 4 nitrogen and oxygen atoms in total. The fraction of sp³-hybridized carbons (Fsp3) is 0.455. The molecular formula is C22H28Cl2N2O2S. The van der Waals surface area contributed by atoms with Crippen molar-refractivity contribution in [2.24, 2.45) is 0 Å². The Kier molecular flexibility index (Phi) is 9.98. The minimum atomic E-state index is 0.0508. The van der Waals surface area contributed by atoms with Gasteiger partial charge in [0.2, 0.25) is 5.91 Å². The molecular weight excluding hydrogens is 427 g/mol. The molecule has 1 aliphatic heterocycles. The van der Waals surface area contributed by atoms with E-state index >= 15 is 0 Å². The van der Waals surface area contributed by atoms with Crippen LogP contribution in [0.5, 0.6) is 0 Å². The van der Waals surface area contributed by atoms with E-state index in [1.165, 1.54) is 4.88 Å². The summed E-state index contributed by atoms with van der Waals surface area (Å²) in [4.78, 5) is 26.8. The average molecular weight is 455 g/mol. The van der Waals surface area contributed by atoms with Gasteiger partial charge in [-0.1, -0.05) is 36.5 Å². The SMILES string of the molecule is CCCc1ccc(C(=O)NCC)s1.O=C1CCCN1CCc1cc(Cl)cc(Cl)c1. The molecule has 1 saturated heterocycles. The number of amides is 2. The van der Waals surface area contributed by atoms with E-state index in [2.05, 4.69) is 12.2 Å². The van der Waals surface area contributed by atoms with Crippen LogP contribution in [-0.2, 0) is 17.6 Å². The summed E-state index contributed by atoms with van der Waals surface area (Å²) in [5.74, 6) is 0.308. The number of carbonyl (C=O) groups is 2. The van der Waals surface area contributed by atoms with Crippen LogP contribution in [-0.4, -0.2) is 36.3 Å². The highest BCUT2D eigenvalue weighted by atomic mass is 35.5.